The molecule has 188 valence electrons. The number of aromatic nitrogens is 2. The summed E-state index contributed by atoms with van der Waals surface area (Å²) >= 11 is 0. The molecule has 2 unspecified atom stereocenters. The zero-order valence-electron chi connectivity index (χ0n) is 20.2. The van der Waals surface area contributed by atoms with E-state index in [4.69, 9.17) is 9.47 Å². The Morgan fingerprint density at radius 1 is 1.46 bits per heavy atom. The lowest BCUT2D eigenvalue weighted by atomic mass is 10.0. The predicted octanol–water partition coefficient (Wildman–Crippen LogP) is 1.39. The monoisotopic (exact) mass is 502 g/mol. The number of ether oxygens (including phenoxy) is 2. The van der Waals surface area contributed by atoms with E-state index in [1.54, 1.807) is 13.2 Å². The number of hydrogen-bond donors (Lipinski definition) is 2. The largest absolute Gasteiger partial charge is 0.505 e. The first-order valence-electron chi connectivity index (χ1n) is 11.2. The van der Waals surface area contributed by atoms with Crippen molar-refractivity contribution in [3.05, 3.63) is 64.1 Å². The highest BCUT2D eigenvalue weighted by molar-refractivity contribution is 7.88. The molecule has 2 aromatic heterocycles. The number of allylic oxidation sites excluding steroid dienone is 5. The maximum atomic E-state index is 13.6. The van der Waals surface area contributed by atoms with Crippen LogP contribution in [-0.4, -0.2) is 67.0 Å². The van der Waals surface area contributed by atoms with E-state index in [2.05, 4.69) is 16.9 Å². The van der Waals surface area contributed by atoms with E-state index in [1.165, 1.54) is 15.9 Å². The van der Waals surface area contributed by atoms with E-state index in [-0.39, 0.29) is 36.5 Å². The summed E-state index contributed by atoms with van der Waals surface area (Å²) in [4.78, 5) is 18.1. The zero-order valence-corrected chi connectivity index (χ0v) is 21.1. The van der Waals surface area contributed by atoms with Crippen LogP contribution in [0.15, 0.2) is 47.4 Å². The smallest absolute Gasteiger partial charge is 0.262 e. The number of aromatic hydroxyl groups is 1. The minimum atomic E-state index is -3.46. The Kier molecular flexibility index (Phi) is 6.62. The van der Waals surface area contributed by atoms with Crippen molar-refractivity contribution in [1.82, 2.24) is 19.2 Å². The first kappa shape index (κ1) is 25.1. The normalized spacial score (nSPS) is 21.8. The van der Waals surface area contributed by atoms with Crippen molar-refractivity contribution < 1.29 is 23.0 Å². The molecular formula is C24H30N4O6S. The summed E-state index contributed by atoms with van der Waals surface area (Å²) in [5.41, 5.74) is 0.597. The predicted molar refractivity (Wildman–Crippen MR) is 133 cm³/mol. The summed E-state index contributed by atoms with van der Waals surface area (Å²) in [5, 5.41) is 14.0. The van der Waals surface area contributed by atoms with Crippen LogP contribution >= 0.6 is 0 Å². The molecule has 0 spiro atoms. The fourth-order valence-corrected chi connectivity index (χ4v) is 4.65. The van der Waals surface area contributed by atoms with Gasteiger partial charge in [-0.15, -0.1) is 0 Å². The van der Waals surface area contributed by atoms with E-state index in [0.717, 1.165) is 11.8 Å². The number of pyridine rings is 2. The van der Waals surface area contributed by atoms with Crippen molar-refractivity contribution in [2.45, 2.75) is 31.7 Å². The Labute approximate surface area is 204 Å². The molecule has 0 bridgehead atoms. The lowest BCUT2D eigenvalue weighted by molar-refractivity contribution is 0.146. The zero-order chi connectivity index (χ0) is 25.5. The van der Waals surface area contributed by atoms with E-state index in [9.17, 15) is 18.3 Å². The number of hydrogen-bond acceptors (Lipinski definition) is 8. The second-order valence-electron chi connectivity index (χ2n) is 8.82. The molecule has 4 heterocycles. The molecule has 1 fully saturated rings. The van der Waals surface area contributed by atoms with Gasteiger partial charge in [-0.2, -0.15) is 0 Å². The van der Waals surface area contributed by atoms with Gasteiger partial charge in [-0.25, -0.2) is 12.7 Å². The molecule has 0 radical (unpaired) electrons. The van der Waals surface area contributed by atoms with Crippen LogP contribution in [0.4, 0.5) is 0 Å². The van der Waals surface area contributed by atoms with Gasteiger partial charge in [0.2, 0.25) is 10.0 Å². The van der Waals surface area contributed by atoms with Crippen molar-refractivity contribution in [2.24, 2.45) is 0 Å². The summed E-state index contributed by atoms with van der Waals surface area (Å²) in [6.45, 7) is 6.36. The molecule has 2 N–H and O–H groups in total. The van der Waals surface area contributed by atoms with Crippen LogP contribution in [0.1, 0.15) is 18.1 Å². The van der Waals surface area contributed by atoms with Crippen molar-refractivity contribution >= 4 is 21.1 Å². The number of nitrogens with zero attached hydrogens (tertiary/aromatic N) is 3. The average molecular weight is 503 g/mol. The number of epoxide rings is 1. The highest BCUT2D eigenvalue weighted by Gasteiger charge is 2.51. The summed E-state index contributed by atoms with van der Waals surface area (Å²) in [5.74, 6) is 0.117. The molecule has 0 aliphatic carbocycles. The van der Waals surface area contributed by atoms with Gasteiger partial charge in [-0.1, -0.05) is 36.5 Å². The standard InChI is InChI=1S/C24H30N4O6S/c1-6-7-8-9-15(2)10-16-11-26-19-20-22(16)34-17(12-27(4)35(5,31)32)13-28(20)23(30)18(21(19)29)24(25-3)14-33-24/h6-9,11,17,25,29H,2,10,12-14H2,1,3-5H3. The maximum Gasteiger partial charge on any atom is 0.262 e. The number of likely N-dealkylation sites (N-methyl/N-ethyl adjacent to an activating group) is 2. The van der Waals surface area contributed by atoms with Crippen molar-refractivity contribution in [3.63, 3.8) is 0 Å². The Balaban J connectivity index is 1.87. The Bertz CT molecular complexity index is 1410. The summed E-state index contributed by atoms with van der Waals surface area (Å²) in [7, 11) is -0.352. The Morgan fingerprint density at radius 3 is 2.77 bits per heavy atom. The lowest BCUT2D eigenvalue weighted by Crippen LogP contribution is -2.45. The minimum absolute atomic E-state index is 0.0417. The molecule has 1 saturated heterocycles. The van der Waals surface area contributed by atoms with Crippen LogP contribution in [0.2, 0.25) is 0 Å². The van der Waals surface area contributed by atoms with Gasteiger partial charge >= 0.3 is 0 Å². The van der Waals surface area contributed by atoms with Gasteiger partial charge in [0.05, 0.1) is 26.0 Å². The third-order valence-electron chi connectivity index (χ3n) is 6.26. The van der Waals surface area contributed by atoms with Crippen molar-refractivity contribution in [2.75, 3.05) is 33.5 Å². The summed E-state index contributed by atoms with van der Waals surface area (Å²) in [6.07, 6.45) is 9.98. The van der Waals surface area contributed by atoms with Gasteiger partial charge in [0.15, 0.2) is 17.2 Å². The highest BCUT2D eigenvalue weighted by Crippen LogP contribution is 2.43. The van der Waals surface area contributed by atoms with Crippen LogP contribution in [0, 0.1) is 0 Å². The fraction of sp³-hybridized carbons (Fsp3) is 0.417. The SMILES string of the molecule is C=C(C=CC=CC)Cc1cnc2c(O)c(C3(NC)CO3)c(=O)n3c2c1OC(CN(C)S(C)(=O)=O)C3. The van der Waals surface area contributed by atoms with Gasteiger partial charge in [-0.3, -0.25) is 19.7 Å². The number of nitrogens with one attached hydrogen (secondary N) is 1. The average Bonchev–Trinajstić information content (AvgIpc) is 3.58. The molecule has 2 aliphatic rings. The number of sulfonamides is 1. The second kappa shape index (κ2) is 9.23. The number of rotatable bonds is 9. The summed E-state index contributed by atoms with van der Waals surface area (Å²) in [6, 6.07) is 0. The van der Waals surface area contributed by atoms with Gasteiger partial charge in [0, 0.05) is 25.2 Å². The van der Waals surface area contributed by atoms with Crippen molar-refractivity contribution in [1.29, 1.82) is 0 Å². The molecule has 11 heteroatoms. The molecule has 2 aromatic rings. The Morgan fingerprint density at radius 2 is 2.17 bits per heavy atom. The molecule has 4 rings (SSSR count). The van der Waals surface area contributed by atoms with Crippen LogP contribution < -0.4 is 15.6 Å². The molecular weight excluding hydrogens is 472 g/mol. The third kappa shape index (κ3) is 4.64. The highest BCUT2D eigenvalue weighted by atomic mass is 32.2. The quantitative estimate of drug-likeness (QED) is 0.389. The molecule has 2 aliphatic heterocycles. The van der Waals surface area contributed by atoms with E-state index in [0.29, 0.717) is 23.3 Å². The van der Waals surface area contributed by atoms with Crippen LogP contribution in [0.25, 0.3) is 11.0 Å². The third-order valence-corrected chi connectivity index (χ3v) is 7.54. The minimum Gasteiger partial charge on any atom is -0.505 e. The second-order valence-corrected chi connectivity index (χ2v) is 10.9. The van der Waals surface area contributed by atoms with Crippen molar-refractivity contribution in [3.8, 4) is 11.5 Å². The first-order valence-corrected chi connectivity index (χ1v) is 13.0. The van der Waals surface area contributed by atoms with Crippen LogP contribution in [-0.2, 0) is 33.5 Å². The van der Waals surface area contributed by atoms with E-state index in [1.807, 2.05) is 31.2 Å². The molecule has 10 nitrogen and oxygen atoms in total. The fourth-order valence-electron chi connectivity index (χ4n) is 4.21. The van der Waals surface area contributed by atoms with Gasteiger partial charge in [-0.05, 0) is 14.0 Å². The lowest BCUT2D eigenvalue weighted by Gasteiger charge is -2.32. The molecule has 35 heavy (non-hydrogen) atoms. The molecule has 0 amide bonds. The Hall–Kier alpha value is -2.99. The topological polar surface area (TPSA) is 126 Å². The van der Waals surface area contributed by atoms with Crippen LogP contribution in [0.5, 0.6) is 11.5 Å². The van der Waals surface area contributed by atoms with Gasteiger partial charge in [0.25, 0.3) is 5.56 Å². The molecule has 2 atom stereocenters. The maximum absolute atomic E-state index is 13.6. The summed E-state index contributed by atoms with van der Waals surface area (Å²) < 4.78 is 38.5. The van der Waals surface area contributed by atoms with Gasteiger partial charge in [0.1, 0.15) is 22.7 Å². The first-order chi connectivity index (χ1) is 16.5. The van der Waals surface area contributed by atoms with Gasteiger partial charge < -0.3 is 14.6 Å². The van der Waals surface area contributed by atoms with E-state index >= 15 is 0 Å². The van der Waals surface area contributed by atoms with Crippen LogP contribution in [0.3, 0.4) is 0 Å². The van der Waals surface area contributed by atoms with E-state index < -0.39 is 27.4 Å². The molecule has 0 saturated carbocycles. The molecule has 0 aromatic carbocycles.